The van der Waals surface area contributed by atoms with Crippen molar-refractivity contribution in [2.45, 2.75) is 52.0 Å². The van der Waals surface area contributed by atoms with Crippen molar-refractivity contribution in [2.24, 2.45) is 0 Å². The van der Waals surface area contributed by atoms with Crippen molar-refractivity contribution in [3.8, 4) is 0 Å². The molecule has 0 saturated carbocycles. The molecule has 4 aromatic rings. The Balaban J connectivity index is 1.84. The minimum Gasteiger partial charge on any atom is -0.285 e. The quantitative estimate of drug-likeness (QED) is 0.374. The summed E-state index contributed by atoms with van der Waals surface area (Å²) in [6.45, 7) is 2.56. The van der Waals surface area contributed by atoms with Gasteiger partial charge in [0.15, 0.2) is 0 Å². The topological polar surface area (TPSA) is 73.2 Å². The van der Waals surface area contributed by atoms with Crippen LogP contribution in [0.2, 0.25) is 0 Å². The Morgan fingerprint density at radius 3 is 1.63 bits per heavy atom. The van der Waals surface area contributed by atoms with Crippen molar-refractivity contribution >= 4 is 32.3 Å². The number of hydrogen-bond acceptors (Lipinski definition) is 4. The molecule has 5 heteroatoms. The minimum absolute atomic E-state index is 0.292. The molecule has 0 atom stereocenters. The number of unbranched alkanes of at least 4 members (excludes halogenated alkanes) is 5. The third-order valence-corrected chi connectivity index (χ3v) is 5.54. The molecular formula is C22H21NO4. The number of rotatable bonds is 7. The van der Waals surface area contributed by atoms with Crippen LogP contribution >= 0.6 is 0 Å². The van der Waals surface area contributed by atoms with Crippen LogP contribution in [0, 0.1) is 0 Å². The molecule has 138 valence electrons. The Morgan fingerprint density at radius 2 is 1.07 bits per heavy atom. The monoisotopic (exact) mass is 363 g/mol. The molecule has 0 radical (unpaired) electrons. The van der Waals surface area contributed by atoms with Gasteiger partial charge in [0.1, 0.15) is 0 Å². The smallest absolute Gasteiger partial charge is 0.261 e. The first-order chi connectivity index (χ1) is 13.1. The second-order valence-electron chi connectivity index (χ2n) is 7.26. The molecule has 3 aromatic carbocycles. The molecule has 4 rings (SSSR count). The number of nitrogens with zero attached hydrogens (tertiary/aromatic N) is 1. The maximum atomic E-state index is 12.9. The van der Waals surface area contributed by atoms with Gasteiger partial charge in [-0.3, -0.25) is 23.7 Å². The van der Waals surface area contributed by atoms with Gasteiger partial charge < -0.3 is 0 Å². The fourth-order valence-electron chi connectivity index (χ4n) is 4.11. The van der Waals surface area contributed by atoms with Crippen LogP contribution in [0.25, 0.3) is 32.3 Å². The summed E-state index contributed by atoms with van der Waals surface area (Å²) in [5.41, 5.74) is -1.81. The second-order valence-corrected chi connectivity index (χ2v) is 7.26. The van der Waals surface area contributed by atoms with E-state index in [1.165, 1.54) is 36.0 Å². The van der Waals surface area contributed by atoms with Gasteiger partial charge in [-0.1, -0.05) is 39.0 Å². The fourth-order valence-corrected chi connectivity index (χ4v) is 4.11. The zero-order chi connectivity index (χ0) is 19.1. The summed E-state index contributed by atoms with van der Waals surface area (Å²) in [7, 11) is 0. The number of aromatic nitrogens is 1. The van der Waals surface area contributed by atoms with Gasteiger partial charge in [0.2, 0.25) is 10.9 Å². The van der Waals surface area contributed by atoms with Gasteiger partial charge in [0.05, 0.1) is 0 Å². The van der Waals surface area contributed by atoms with Gasteiger partial charge in [-0.05, 0) is 30.7 Å². The zero-order valence-electron chi connectivity index (χ0n) is 15.3. The average Bonchev–Trinajstić information content (AvgIpc) is 2.93. The highest BCUT2D eigenvalue weighted by Gasteiger charge is 2.20. The molecule has 0 bridgehead atoms. The molecule has 27 heavy (non-hydrogen) atoms. The third kappa shape index (κ3) is 2.60. The summed E-state index contributed by atoms with van der Waals surface area (Å²) in [5, 5.41) is 2.30. The van der Waals surface area contributed by atoms with Crippen molar-refractivity contribution in [3.63, 3.8) is 0 Å². The molecule has 0 amide bonds. The summed E-state index contributed by atoms with van der Waals surface area (Å²) >= 11 is 0. The molecule has 0 saturated heterocycles. The summed E-state index contributed by atoms with van der Waals surface area (Å²) in [6.07, 6.45) is 6.44. The van der Waals surface area contributed by atoms with Gasteiger partial charge >= 0.3 is 0 Å². The molecule has 0 fully saturated rings. The Labute approximate surface area is 154 Å². The van der Waals surface area contributed by atoms with Crippen molar-refractivity contribution in [2.75, 3.05) is 0 Å². The van der Waals surface area contributed by atoms with Crippen LogP contribution in [-0.2, 0) is 6.54 Å². The van der Waals surface area contributed by atoms with Gasteiger partial charge in [0.25, 0.3) is 11.1 Å². The largest absolute Gasteiger partial charge is 0.285 e. The molecule has 0 aliphatic rings. The van der Waals surface area contributed by atoms with E-state index in [2.05, 4.69) is 6.92 Å². The Hall–Kier alpha value is -2.82. The van der Waals surface area contributed by atoms with E-state index in [-0.39, 0.29) is 11.1 Å². The lowest BCUT2D eigenvalue weighted by Crippen LogP contribution is -2.33. The van der Waals surface area contributed by atoms with Crippen molar-refractivity contribution in [1.82, 2.24) is 4.57 Å². The van der Waals surface area contributed by atoms with E-state index in [4.69, 9.17) is 0 Å². The lowest BCUT2D eigenvalue weighted by atomic mass is 10.00. The normalized spacial score (nSPS) is 12.0. The van der Waals surface area contributed by atoms with Gasteiger partial charge in [0, 0.05) is 38.9 Å². The Bertz CT molecular complexity index is 1250. The van der Waals surface area contributed by atoms with Gasteiger partial charge in [-0.25, -0.2) is 0 Å². The highest BCUT2D eigenvalue weighted by molar-refractivity contribution is 6.23. The number of benzene rings is 2. The minimum atomic E-state index is -0.567. The summed E-state index contributed by atoms with van der Waals surface area (Å²) in [5.74, 6) is 0. The molecule has 0 unspecified atom stereocenters. The molecule has 5 nitrogen and oxygen atoms in total. The molecule has 1 heterocycles. The molecule has 0 aliphatic carbocycles. The van der Waals surface area contributed by atoms with Crippen molar-refractivity contribution < 1.29 is 0 Å². The third-order valence-electron chi connectivity index (χ3n) is 5.54. The van der Waals surface area contributed by atoms with E-state index in [0.29, 0.717) is 38.9 Å². The fraction of sp³-hybridized carbons (Fsp3) is 0.364. The van der Waals surface area contributed by atoms with Crippen LogP contribution in [0.4, 0.5) is 0 Å². The van der Waals surface area contributed by atoms with Crippen molar-refractivity contribution in [3.05, 3.63) is 65.4 Å². The van der Waals surface area contributed by atoms with E-state index in [1.807, 2.05) is 0 Å². The lowest BCUT2D eigenvalue weighted by molar-refractivity contribution is 0.545. The maximum absolute atomic E-state index is 12.9. The molecule has 0 spiro atoms. The first kappa shape index (κ1) is 17.6. The van der Waals surface area contributed by atoms with E-state index in [0.717, 1.165) is 19.3 Å². The van der Waals surface area contributed by atoms with E-state index in [1.54, 1.807) is 12.1 Å². The highest BCUT2D eigenvalue weighted by atomic mass is 16.2. The van der Waals surface area contributed by atoms with E-state index in [9.17, 15) is 19.2 Å². The number of hydrogen-bond donors (Lipinski definition) is 0. The molecule has 0 N–H and O–H groups in total. The molecule has 0 aliphatic heterocycles. The van der Waals surface area contributed by atoms with E-state index < -0.39 is 10.9 Å². The summed E-state index contributed by atoms with van der Waals surface area (Å²) in [6, 6.07) is 6.22. The van der Waals surface area contributed by atoms with Crippen LogP contribution in [-0.4, -0.2) is 4.57 Å². The lowest BCUT2D eigenvalue weighted by Gasteiger charge is -2.10. The van der Waals surface area contributed by atoms with Crippen molar-refractivity contribution in [1.29, 1.82) is 0 Å². The standard InChI is InChI=1S/C22H21NO4/c1-2-3-4-5-6-7-12-23-21(26)15-10-8-13-17-14(20(25)19(13)24)9-11-16(18(15)17)22(23)27/h8-11H,2-7,12H2,1H3. The Morgan fingerprint density at radius 1 is 0.630 bits per heavy atom. The summed E-state index contributed by atoms with van der Waals surface area (Å²) in [4.78, 5) is 50.1. The van der Waals surface area contributed by atoms with Crippen LogP contribution in [0.15, 0.2) is 43.4 Å². The predicted octanol–water partition coefficient (Wildman–Crippen LogP) is 3.06. The summed E-state index contributed by atoms with van der Waals surface area (Å²) < 4.78 is 1.30. The second kappa shape index (κ2) is 6.72. The highest BCUT2D eigenvalue weighted by Crippen LogP contribution is 2.28. The van der Waals surface area contributed by atoms with Gasteiger partial charge in [-0.15, -0.1) is 0 Å². The van der Waals surface area contributed by atoms with Crippen LogP contribution in [0.1, 0.15) is 45.4 Å². The number of pyridine rings is 1. The zero-order valence-corrected chi connectivity index (χ0v) is 15.3. The van der Waals surface area contributed by atoms with Crippen LogP contribution in [0.5, 0.6) is 0 Å². The SMILES string of the molecule is CCCCCCCCn1c(=O)c2ccc3c(=O)c(=O)c4ccc(c1=O)c2c34. The Kier molecular flexibility index (Phi) is 4.38. The average molecular weight is 363 g/mol. The predicted molar refractivity (Wildman–Crippen MR) is 109 cm³/mol. The molecule has 1 aromatic heterocycles. The first-order valence-electron chi connectivity index (χ1n) is 9.61. The first-order valence-corrected chi connectivity index (χ1v) is 9.61. The van der Waals surface area contributed by atoms with E-state index >= 15 is 0 Å². The van der Waals surface area contributed by atoms with Gasteiger partial charge in [-0.2, -0.15) is 0 Å². The van der Waals surface area contributed by atoms with Crippen LogP contribution in [0.3, 0.4) is 0 Å². The van der Waals surface area contributed by atoms with Crippen LogP contribution < -0.4 is 22.0 Å². The molecular weight excluding hydrogens is 342 g/mol. The maximum Gasteiger partial charge on any atom is 0.261 e.